The quantitative estimate of drug-likeness (QED) is 0.576. The molecule has 0 aliphatic heterocycles. The number of hydrogen-bond acceptors (Lipinski definition) is 3. The minimum absolute atomic E-state index is 0.208. The molecule has 0 aromatic heterocycles. The molecule has 0 heterocycles. The van der Waals surface area contributed by atoms with E-state index in [9.17, 15) is 10.1 Å². The largest absolute Gasteiger partial charge is 0.265 e. The zero-order valence-corrected chi connectivity index (χ0v) is 9.38. The van der Waals surface area contributed by atoms with E-state index in [0.29, 0.717) is 0 Å². The molecule has 1 unspecified atom stereocenters. The number of nitrogens with zero attached hydrogens (tertiary/aromatic N) is 2. The molecule has 0 fully saturated rings. The first kappa shape index (κ1) is 12.2. The molecular formula is C12H14N2O2. The second-order valence-corrected chi connectivity index (χ2v) is 4.45. The Morgan fingerprint density at radius 2 is 2.00 bits per heavy atom. The first-order valence-electron chi connectivity index (χ1n) is 5.04. The van der Waals surface area contributed by atoms with Gasteiger partial charge in [-0.25, -0.2) is 0 Å². The van der Waals surface area contributed by atoms with Crippen molar-refractivity contribution in [1.82, 2.24) is 0 Å². The Morgan fingerprint density at radius 3 is 2.44 bits per heavy atom. The van der Waals surface area contributed by atoms with E-state index < -0.39 is 11.3 Å². The average Bonchev–Trinajstić information content (AvgIpc) is 2.17. The normalized spacial score (nSPS) is 12.8. The number of rotatable bonds is 4. The molecule has 16 heavy (non-hydrogen) atoms. The van der Waals surface area contributed by atoms with Gasteiger partial charge in [-0.3, -0.25) is 10.1 Å². The van der Waals surface area contributed by atoms with E-state index in [0.717, 1.165) is 5.56 Å². The van der Waals surface area contributed by atoms with Gasteiger partial charge in [-0.15, -0.1) is 0 Å². The molecule has 0 saturated carbocycles. The molecule has 84 valence electrons. The van der Waals surface area contributed by atoms with Crippen molar-refractivity contribution >= 4 is 0 Å². The van der Waals surface area contributed by atoms with Gasteiger partial charge in [0, 0.05) is 10.3 Å². The molecule has 4 nitrogen and oxygen atoms in total. The molecule has 4 heteroatoms. The lowest BCUT2D eigenvalue weighted by molar-refractivity contribution is -0.496. The van der Waals surface area contributed by atoms with E-state index in [1.54, 1.807) is 13.8 Å². The van der Waals surface area contributed by atoms with Crippen LogP contribution in [-0.2, 0) is 0 Å². The van der Waals surface area contributed by atoms with Gasteiger partial charge >= 0.3 is 0 Å². The van der Waals surface area contributed by atoms with Crippen molar-refractivity contribution in [3.05, 3.63) is 46.0 Å². The lowest BCUT2D eigenvalue weighted by atomic mass is 9.76. The lowest BCUT2D eigenvalue weighted by Crippen LogP contribution is -2.29. The highest BCUT2D eigenvalue weighted by molar-refractivity contribution is 5.27. The van der Waals surface area contributed by atoms with Crippen LogP contribution in [0.2, 0.25) is 0 Å². The topological polar surface area (TPSA) is 66.9 Å². The second-order valence-electron chi connectivity index (χ2n) is 4.45. The number of benzene rings is 1. The van der Waals surface area contributed by atoms with Crippen LogP contribution in [0.4, 0.5) is 0 Å². The van der Waals surface area contributed by atoms with E-state index in [2.05, 4.69) is 6.07 Å². The van der Waals surface area contributed by atoms with Gasteiger partial charge in [0.2, 0.25) is 6.54 Å². The van der Waals surface area contributed by atoms with Crippen LogP contribution >= 0.6 is 0 Å². The minimum atomic E-state index is -0.667. The molecule has 1 rings (SSSR count). The number of nitriles is 1. The zero-order valence-electron chi connectivity index (χ0n) is 9.38. The molecule has 0 aliphatic rings. The standard InChI is InChI=1S/C12H14N2O2/c1-12(2,9-14(15)16)11(8-13)10-6-4-3-5-7-10/h3-7,11H,9H2,1-2H3. The van der Waals surface area contributed by atoms with Crippen LogP contribution < -0.4 is 0 Å². The van der Waals surface area contributed by atoms with Crippen LogP contribution in [0.3, 0.4) is 0 Å². The number of hydrogen-bond donors (Lipinski definition) is 0. The van der Waals surface area contributed by atoms with Crippen molar-refractivity contribution in [2.75, 3.05) is 6.54 Å². The van der Waals surface area contributed by atoms with Gasteiger partial charge in [0.15, 0.2) is 0 Å². The Kier molecular flexibility index (Phi) is 3.62. The van der Waals surface area contributed by atoms with Crippen molar-refractivity contribution in [3.8, 4) is 6.07 Å². The predicted octanol–water partition coefficient (Wildman–Crippen LogP) is 2.60. The highest BCUT2D eigenvalue weighted by Gasteiger charge is 2.35. The van der Waals surface area contributed by atoms with Crippen LogP contribution in [0.1, 0.15) is 25.3 Å². The third-order valence-electron chi connectivity index (χ3n) is 2.58. The van der Waals surface area contributed by atoms with E-state index >= 15 is 0 Å². The molecule has 0 amide bonds. The van der Waals surface area contributed by atoms with Gasteiger partial charge in [0.25, 0.3) is 0 Å². The fraction of sp³-hybridized carbons (Fsp3) is 0.417. The molecule has 1 aromatic rings. The third kappa shape index (κ3) is 2.80. The second kappa shape index (κ2) is 4.75. The van der Waals surface area contributed by atoms with Gasteiger partial charge in [0.05, 0.1) is 12.0 Å². The Balaban J connectivity index is 3.00. The zero-order chi connectivity index (χ0) is 12.2. The summed E-state index contributed by atoms with van der Waals surface area (Å²) in [5.74, 6) is -0.459. The van der Waals surface area contributed by atoms with Crippen LogP contribution in [0, 0.1) is 26.9 Å². The van der Waals surface area contributed by atoms with Crippen LogP contribution in [0.25, 0.3) is 0 Å². The van der Waals surface area contributed by atoms with Gasteiger partial charge in [0.1, 0.15) is 0 Å². The van der Waals surface area contributed by atoms with E-state index in [1.807, 2.05) is 30.3 Å². The summed E-state index contributed by atoms with van der Waals surface area (Å²) in [5.41, 5.74) is 0.163. The molecule has 0 radical (unpaired) electrons. The van der Waals surface area contributed by atoms with Crippen molar-refractivity contribution in [2.45, 2.75) is 19.8 Å². The third-order valence-corrected chi connectivity index (χ3v) is 2.58. The first-order chi connectivity index (χ1) is 7.47. The highest BCUT2D eigenvalue weighted by atomic mass is 16.6. The van der Waals surface area contributed by atoms with Crippen molar-refractivity contribution in [2.24, 2.45) is 5.41 Å². The average molecular weight is 218 g/mol. The maximum absolute atomic E-state index is 10.6. The van der Waals surface area contributed by atoms with Crippen molar-refractivity contribution < 1.29 is 4.92 Å². The molecule has 1 atom stereocenters. The summed E-state index contributed by atoms with van der Waals surface area (Å²) in [6, 6.07) is 11.3. The van der Waals surface area contributed by atoms with Crippen molar-refractivity contribution in [3.63, 3.8) is 0 Å². The summed E-state index contributed by atoms with van der Waals surface area (Å²) in [5, 5.41) is 19.7. The summed E-state index contributed by atoms with van der Waals surface area (Å²) in [6.07, 6.45) is 0. The highest BCUT2D eigenvalue weighted by Crippen LogP contribution is 2.34. The summed E-state index contributed by atoms with van der Waals surface area (Å²) >= 11 is 0. The molecule has 0 spiro atoms. The summed E-state index contributed by atoms with van der Waals surface area (Å²) in [4.78, 5) is 10.2. The fourth-order valence-corrected chi connectivity index (χ4v) is 1.77. The molecule has 0 N–H and O–H groups in total. The van der Waals surface area contributed by atoms with Gasteiger partial charge in [-0.2, -0.15) is 5.26 Å². The van der Waals surface area contributed by atoms with Crippen LogP contribution in [-0.4, -0.2) is 11.5 Å². The molecule has 1 aromatic carbocycles. The Labute approximate surface area is 94.7 Å². The van der Waals surface area contributed by atoms with Crippen LogP contribution in [0.5, 0.6) is 0 Å². The Morgan fingerprint density at radius 1 is 1.44 bits per heavy atom. The predicted molar refractivity (Wildman–Crippen MR) is 60.4 cm³/mol. The lowest BCUT2D eigenvalue weighted by Gasteiger charge is -2.25. The Hall–Kier alpha value is -1.89. The maximum atomic E-state index is 10.6. The smallest absolute Gasteiger partial charge is 0.210 e. The molecule has 0 aliphatic carbocycles. The SMILES string of the molecule is CC(C)(C[N+](=O)[O-])C(C#N)c1ccccc1. The van der Waals surface area contributed by atoms with Gasteiger partial charge in [-0.1, -0.05) is 44.2 Å². The Bertz CT molecular complexity index is 407. The minimum Gasteiger partial charge on any atom is -0.265 e. The summed E-state index contributed by atoms with van der Waals surface area (Å²) in [7, 11) is 0. The van der Waals surface area contributed by atoms with Gasteiger partial charge in [-0.05, 0) is 5.56 Å². The maximum Gasteiger partial charge on any atom is 0.210 e. The fourth-order valence-electron chi connectivity index (χ4n) is 1.77. The van der Waals surface area contributed by atoms with Gasteiger partial charge < -0.3 is 0 Å². The number of nitro groups is 1. The van der Waals surface area contributed by atoms with E-state index in [1.165, 1.54) is 0 Å². The molecule has 0 bridgehead atoms. The van der Waals surface area contributed by atoms with Crippen molar-refractivity contribution in [1.29, 1.82) is 5.26 Å². The van der Waals surface area contributed by atoms with Crippen LogP contribution in [0.15, 0.2) is 30.3 Å². The monoisotopic (exact) mass is 218 g/mol. The van der Waals surface area contributed by atoms with E-state index in [-0.39, 0.29) is 11.5 Å². The summed E-state index contributed by atoms with van der Waals surface area (Å²) in [6.45, 7) is 3.29. The first-order valence-corrected chi connectivity index (χ1v) is 5.04. The molecular weight excluding hydrogens is 204 g/mol. The summed E-state index contributed by atoms with van der Waals surface area (Å²) < 4.78 is 0. The molecule has 0 saturated heterocycles. The van der Waals surface area contributed by atoms with E-state index in [4.69, 9.17) is 5.26 Å².